The number of thioether (sulfide) groups is 1. The molecule has 2 aromatic rings. The molecule has 2 N–H and O–H groups in total. The molecule has 22 heavy (non-hydrogen) atoms. The summed E-state index contributed by atoms with van der Waals surface area (Å²) in [7, 11) is 0. The first-order chi connectivity index (χ1) is 10.8. The van der Waals surface area contributed by atoms with Crippen LogP contribution in [-0.4, -0.2) is 28.9 Å². The number of quaternary nitrogens is 1. The number of nitrogens with two attached hydrogens (primary N) is 1. The minimum atomic E-state index is 0.669. The van der Waals surface area contributed by atoms with E-state index in [1.807, 2.05) is 31.2 Å². The van der Waals surface area contributed by atoms with Gasteiger partial charge in [0.1, 0.15) is 12.3 Å². The highest BCUT2D eigenvalue weighted by Crippen LogP contribution is 2.22. The Morgan fingerprint density at radius 2 is 2.09 bits per heavy atom. The van der Waals surface area contributed by atoms with Crippen molar-refractivity contribution in [2.24, 2.45) is 0 Å². The fourth-order valence-electron chi connectivity index (χ4n) is 2.01. The van der Waals surface area contributed by atoms with Crippen LogP contribution in [0.2, 0.25) is 5.02 Å². The number of nitrogens with zero attached hydrogens (tertiary/aromatic N) is 2. The highest BCUT2D eigenvalue weighted by atomic mass is 35.5. The van der Waals surface area contributed by atoms with Gasteiger partial charge in [0, 0.05) is 35.2 Å². The van der Waals surface area contributed by atoms with Crippen molar-refractivity contribution in [3.8, 4) is 5.75 Å². The predicted molar refractivity (Wildman–Crippen MR) is 90.5 cm³/mol. The van der Waals surface area contributed by atoms with Crippen molar-refractivity contribution in [2.75, 3.05) is 18.9 Å². The van der Waals surface area contributed by atoms with Gasteiger partial charge >= 0.3 is 0 Å². The number of hydrogen-bond donors (Lipinski definition) is 1. The molecule has 0 amide bonds. The molecule has 1 aromatic carbocycles. The third-order valence-electron chi connectivity index (χ3n) is 3.01. The third-order valence-corrected chi connectivity index (χ3v) is 4.21. The zero-order valence-corrected chi connectivity index (χ0v) is 14.2. The topological polar surface area (TPSA) is 51.6 Å². The Bertz CT molecular complexity index is 569. The molecule has 0 unspecified atom stereocenters. The smallest absolute Gasteiger partial charge is 0.187 e. The van der Waals surface area contributed by atoms with Crippen LogP contribution in [0.1, 0.15) is 18.9 Å². The normalized spacial score (nSPS) is 10.6. The standard InChI is InChI=1S/C16H20ClN3OS/c1-2-21-15-6-5-14(17)11-13(15)12-18-7-4-10-22-16-19-8-3-9-20-16/h3,5-6,8-9,11,18H,2,4,7,10,12H2,1H3/p+1. The van der Waals surface area contributed by atoms with Gasteiger partial charge in [0.05, 0.1) is 13.2 Å². The van der Waals surface area contributed by atoms with Crippen LogP contribution in [0, 0.1) is 0 Å². The van der Waals surface area contributed by atoms with Crippen molar-refractivity contribution in [1.82, 2.24) is 9.97 Å². The molecular formula is C16H21ClN3OS+. The molecule has 0 aliphatic carbocycles. The van der Waals surface area contributed by atoms with Gasteiger partial charge in [-0.05, 0) is 31.2 Å². The van der Waals surface area contributed by atoms with Crippen LogP contribution in [0.3, 0.4) is 0 Å². The largest absolute Gasteiger partial charge is 0.493 e. The fourth-order valence-corrected chi connectivity index (χ4v) is 2.97. The first-order valence-electron chi connectivity index (χ1n) is 7.42. The molecule has 0 atom stereocenters. The molecule has 0 fully saturated rings. The van der Waals surface area contributed by atoms with Gasteiger partial charge in [-0.25, -0.2) is 9.97 Å². The van der Waals surface area contributed by atoms with E-state index in [2.05, 4.69) is 15.3 Å². The van der Waals surface area contributed by atoms with E-state index in [-0.39, 0.29) is 0 Å². The lowest BCUT2D eigenvalue weighted by Crippen LogP contribution is -2.82. The van der Waals surface area contributed by atoms with Crippen molar-refractivity contribution in [2.45, 2.75) is 25.0 Å². The summed E-state index contributed by atoms with van der Waals surface area (Å²) in [6, 6.07) is 7.62. The molecular weight excluding hydrogens is 318 g/mol. The molecule has 0 aliphatic heterocycles. The lowest BCUT2D eigenvalue weighted by molar-refractivity contribution is -0.670. The zero-order valence-electron chi connectivity index (χ0n) is 12.7. The summed E-state index contributed by atoms with van der Waals surface area (Å²) in [6.07, 6.45) is 4.65. The van der Waals surface area contributed by atoms with Gasteiger partial charge in [0.25, 0.3) is 0 Å². The Hall–Kier alpha value is -1.30. The quantitative estimate of drug-likeness (QED) is 0.434. The third kappa shape index (κ3) is 5.83. The van der Waals surface area contributed by atoms with Crippen LogP contribution >= 0.6 is 23.4 Å². The lowest BCUT2D eigenvalue weighted by Gasteiger charge is -2.09. The molecule has 1 heterocycles. The molecule has 6 heteroatoms. The second-order valence-corrected chi connectivity index (χ2v) is 6.20. The van der Waals surface area contributed by atoms with E-state index >= 15 is 0 Å². The average molecular weight is 339 g/mol. The van der Waals surface area contributed by atoms with Gasteiger partial charge in [0.15, 0.2) is 5.16 Å². The highest BCUT2D eigenvalue weighted by Gasteiger charge is 2.06. The lowest BCUT2D eigenvalue weighted by atomic mass is 10.2. The molecule has 1 aromatic heterocycles. The Balaban J connectivity index is 1.69. The van der Waals surface area contributed by atoms with E-state index in [4.69, 9.17) is 16.3 Å². The molecule has 4 nitrogen and oxygen atoms in total. The van der Waals surface area contributed by atoms with Gasteiger partial charge in [-0.15, -0.1) is 0 Å². The van der Waals surface area contributed by atoms with E-state index in [0.29, 0.717) is 6.61 Å². The summed E-state index contributed by atoms with van der Waals surface area (Å²) in [5, 5.41) is 3.88. The highest BCUT2D eigenvalue weighted by molar-refractivity contribution is 7.99. The summed E-state index contributed by atoms with van der Waals surface area (Å²) in [5.74, 6) is 1.95. The first-order valence-corrected chi connectivity index (χ1v) is 8.78. The maximum Gasteiger partial charge on any atom is 0.187 e. The van der Waals surface area contributed by atoms with Gasteiger partial charge < -0.3 is 10.1 Å². The maximum absolute atomic E-state index is 6.06. The summed E-state index contributed by atoms with van der Waals surface area (Å²) in [5.41, 5.74) is 1.15. The van der Waals surface area contributed by atoms with Crippen molar-refractivity contribution in [3.05, 3.63) is 47.2 Å². The fraction of sp³-hybridized carbons (Fsp3) is 0.375. The summed E-state index contributed by atoms with van der Waals surface area (Å²) >= 11 is 7.75. The molecule has 2 rings (SSSR count). The van der Waals surface area contributed by atoms with Crippen molar-refractivity contribution >= 4 is 23.4 Å². The Kier molecular flexibility index (Phi) is 7.49. The molecule has 0 saturated carbocycles. The van der Waals surface area contributed by atoms with E-state index in [0.717, 1.165) is 46.8 Å². The first kappa shape index (κ1) is 17.1. The maximum atomic E-state index is 6.06. The van der Waals surface area contributed by atoms with Gasteiger partial charge in [0.2, 0.25) is 0 Å². The summed E-state index contributed by atoms with van der Waals surface area (Å²) in [4.78, 5) is 8.39. The van der Waals surface area contributed by atoms with Crippen LogP contribution in [-0.2, 0) is 6.54 Å². The van der Waals surface area contributed by atoms with Crippen LogP contribution < -0.4 is 10.1 Å². The molecule has 0 spiro atoms. The molecule has 0 aliphatic rings. The number of aromatic nitrogens is 2. The minimum Gasteiger partial charge on any atom is -0.493 e. The molecule has 0 radical (unpaired) electrons. The number of halogens is 1. The van der Waals surface area contributed by atoms with E-state index in [1.165, 1.54) is 0 Å². The second-order valence-electron chi connectivity index (χ2n) is 4.70. The predicted octanol–water partition coefficient (Wildman–Crippen LogP) is 2.77. The Labute approximate surface area is 140 Å². The van der Waals surface area contributed by atoms with Crippen molar-refractivity contribution < 1.29 is 10.1 Å². The van der Waals surface area contributed by atoms with Gasteiger partial charge in [-0.1, -0.05) is 23.4 Å². The van der Waals surface area contributed by atoms with Crippen LogP contribution in [0.25, 0.3) is 0 Å². The zero-order chi connectivity index (χ0) is 15.6. The number of hydrogen-bond acceptors (Lipinski definition) is 4. The molecule has 0 bridgehead atoms. The Morgan fingerprint density at radius 1 is 1.27 bits per heavy atom. The Morgan fingerprint density at radius 3 is 2.86 bits per heavy atom. The monoisotopic (exact) mass is 338 g/mol. The second kappa shape index (κ2) is 9.66. The van der Waals surface area contributed by atoms with Crippen LogP contribution in [0.4, 0.5) is 0 Å². The number of benzene rings is 1. The van der Waals surface area contributed by atoms with Crippen molar-refractivity contribution in [1.29, 1.82) is 0 Å². The van der Waals surface area contributed by atoms with E-state index in [9.17, 15) is 0 Å². The molecule has 0 saturated heterocycles. The summed E-state index contributed by atoms with van der Waals surface area (Å²) in [6.45, 7) is 4.59. The van der Waals surface area contributed by atoms with Crippen molar-refractivity contribution in [3.63, 3.8) is 0 Å². The van der Waals surface area contributed by atoms with Crippen LogP contribution in [0.5, 0.6) is 5.75 Å². The molecule has 118 valence electrons. The van der Waals surface area contributed by atoms with E-state index in [1.54, 1.807) is 24.2 Å². The van der Waals surface area contributed by atoms with Crippen LogP contribution in [0.15, 0.2) is 41.8 Å². The SMILES string of the molecule is CCOc1ccc(Cl)cc1C[NH2+]CCCSc1ncccn1. The minimum absolute atomic E-state index is 0.669. The van der Waals surface area contributed by atoms with Gasteiger partial charge in [-0.2, -0.15) is 0 Å². The number of ether oxygens (including phenoxy) is 1. The van der Waals surface area contributed by atoms with E-state index < -0.39 is 0 Å². The summed E-state index contributed by atoms with van der Waals surface area (Å²) < 4.78 is 5.63. The van der Waals surface area contributed by atoms with Gasteiger partial charge in [-0.3, -0.25) is 0 Å². The average Bonchev–Trinajstić information content (AvgIpc) is 2.54. The number of rotatable bonds is 9.